The third-order valence-corrected chi connectivity index (χ3v) is 0.906. The second-order valence-corrected chi connectivity index (χ2v) is 1.69. The minimum Gasteiger partial charge on any atom is -0.505 e. The van der Waals surface area contributed by atoms with Crippen molar-refractivity contribution >= 4 is 5.76 Å². The molecule has 0 unspecified atom stereocenters. The predicted molar refractivity (Wildman–Crippen MR) is 32.9 cm³/mol. The van der Waals surface area contributed by atoms with Crippen LogP contribution in [0.15, 0.2) is 17.2 Å². The third-order valence-electron chi connectivity index (χ3n) is 0.906. The maximum atomic E-state index is 8.71. The summed E-state index contributed by atoms with van der Waals surface area (Å²) in [6.45, 7) is 4.96. The van der Waals surface area contributed by atoms with E-state index in [1.54, 1.807) is 6.92 Å². The summed E-state index contributed by atoms with van der Waals surface area (Å²) in [5, 5.41) is 8.71. The van der Waals surface area contributed by atoms with Gasteiger partial charge < -0.3 is 9.52 Å². The molecule has 0 aliphatic heterocycles. The molecule has 0 saturated carbocycles. The fourth-order valence-electron chi connectivity index (χ4n) is 0.495. The molecule has 0 amide bonds. The average molecular weight is 125 g/mol. The first kappa shape index (κ1) is 5.88. The molecular formula is C6H7NO2. The average Bonchev–Trinajstić information content (AvgIpc) is 2.14. The van der Waals surface area contributed by atoms with Crippen LogP contribution >= 0.6 is 0 Å². The molecule has 3 nitrogen and oxygen atoms in total. The van der Waals surface area contributed by atoms with Crippen LogP contribution < -0.4 is 0 Å². The molecule has 0 spiro atoms. The molecule has 0 atom stereocenters. The van der Waals surface area contributed by atoms with Crippen LogP contribution in [-0.4, -0.2) is 10.1 Å². The minimum atomic E-state index is -0.0874. The predicted octanol–water partition coefficient (Wildman–Crippen LogP) is 1.51. The van der Waals surface area contributed by atoms with Crippen LogP contribution in [0.3, 0.4) is 0 Å². The molecule has 1 rings (SSSR count). The van der Waals surface area contributed by atoms with E-state index in [9.17, 15) is 0 Å². The Labute approximate surface area is 52.6 Å². The van der Waals surface area contributed by atoms with Crippen molar-refractivity contribution in [3.05, 3.63) is 24.4 Å². The van der Waals surface area contributed by atoms with Crippen molar-refractivity contribution in [2.45, 2.75) is 6.92 Å². The lowest BCUT2D eigenvalue weighted by Crippen LogP contribution is -1.71. The van der Waals surface area contributed by atoms with Crippen LogP contribution in [0.5, 0.6) is 0 Å². The van der Waals surface area contributed by atoms with Gasteiger partial charge >= 0.3 is 0 Å². The van der Waals surface area contributed by atoms with Crippen molar-refractivity contribution in [3.63, 3.8) is 0 Å². The molecule has 0 bridgehead atoms. The molecular weight excluding hydrogens is 118 g/mol. The smallest absolute Gasteiger partial charge is 0.191 e. The van der Waals surface area contributed by atoms with E-state index < -0.39 is 0 Å². The van der Waals surface area contributed by atoms with Gasteiger partial charge in [-0.25, -0.2) is 4.98 Å². The van der Waals surface area contributed by atoms with Crippen molar-refractivity contribution in [1.82, 2.24) is 4.98 Å². The molecule has 0 aliphatic rings. The fraction of sp³-hybridized carbons (Fsp3) is 0.167. The lowest BCUT2D eigenvalue weighted by atomic mass is 10.5. The van der Waals surface area contributed by atoms with Gasteiger partial charge in [0.25, 0.3) is 0 Å². The molecule has 48 valence electrons. The van der Waals surface area contributed by atoms with E-state index in [1.165, 1.54) is 6.20 Å². The van der Waals surface area contributed by atoms with E-state index in [0.717, 1.165) is 0 Å². The number of rotatable bonds is 1. The summed E-state index contributed by atoms with van der Waals surface area (Å²) >= 11 is 0. The highest BCUT2D eigenvalue weighted by atomic mass is 16.4. The van der Waals surface area contributed by atoms with Crippen LogP contribution in [0.4, 0.5) is 0 Å². The number of oxazole rings is 1. The summed E-state index contributed by atoms with van der Waals surface area (Å²) in [4.78, 5) is 3.75. The van der Waals surface area contributed by atoms with E-state index in [0.29, 0.717) is 11.7 Å². The normalized spacial score (nSPS) is 9.44. The summed E-state index contributed by atoms with van der Waals surface area (Å²) < 4.78 is 4.88. The molecule has 0 radical (unpaired) electrons. The van der Waals surface area contributed by atoms with Crippen molar-refractivity contribution in [2.75, 3.05) is 0 Å². The Kier molecular flexibility index (Phi) is 1.26. The maximum absolute atomic E-state index is 8.71. The Morgan fingerprint density at radius 1 is 1.89 bits per heavy atom. The second-order valence-electron chi connectivity index (χ2n) is 1.69. The van der Waals surface area contributed by atoms with Gasteiger partial charge in [-0.05, 0) is 0 Å². The molecule has 0 saturated heterocycles. The van der Waals surface area contributed by atoms with Crippen molar-refractivity contribution < 1.29 is 9.52 Å². The van der Waals surface area contributed by atoms with Crippen LogP contribution in [0.2, 0.25) is 0 Å². The fourth-order valence-corrected chi connectivity index (χ4v) is 0.495. The Morgan fingerprint density at radius 3 is 2.78 bits per heavy atom. The zero-order valence-corrected chi connectivity index (χ0v) is 5.09. The number of aryl methyl sites for hydroxylation is 1. The molecule has 1 heterocycles. The standard InChI is InChI=1S/C6H7NO2/c1-4(8)6-3-7-5(2)9-6/h3,8H,1H2,2H3. The van der Waals surface area contributed by atoms with Crippen LogP contribution in [0.1, 0.15) is 11.7 Å². The van der Waals surface area contributed by atoms with E-state index in [-0.39, 0.29) is 5.76 Å². The van der Waals surface area contributed by atoms with Crippen molar-refractivity contribution in [3.8, 4) is 0 Å². The van der Waals surface area contributed by atoms with Gasteiger partial charge in [0.1, 0.15) is 0 Å². The van der Waals surface area contributed by atoms with Gasteiger partial charge in [0.2, 0.25) is 0 Å². The Morgan fingerprint density at radius 2 is 2.56 bits per heavy atom. The number of hydrogen-bond acceptors (Lipinski definition) is 3. The van der Waals surface area contributed by atoms with Gasteiger partial charge in [0.05, 0.1) is 6.20 Å². The number of aliphatic hydroxyl groups excluding tert-OH is 1. The molecule has 3 heteroatoms. The van der Waals surface area contributed by atoms with Crippen LogP contribution in [-0.2, 0) is 0 Å². The van der Waals surface area contributed by atoms with Crippen molar-refractivity contribution in [1.29, 1.82) is 0 Å². The number of nitrogens with zero attached hydrogens (tertiary/aromatic N) is 1. The molecule has 9 heavy (non-hydrogen) atoms. The lowest BCUT2D eigenvalue weighted by Gasteiger charge is -1.85. The minimum absolute atomic E-state index is 0.0874. The summed E-state index contributed by atoms with van der Waals surface area (Å²) in [5.74, 6) is 0.767. The quantitative estimate of drug-likeness (QED) is 0.578. The number of aliphatic hydroxyl groups is 1. The van der Waals surface area contributed by atoms with E-state index >= 15 is 0 Å². The highest BCUT2D eigenvalue weighted by Gasteiger charge is 1.99. The van der Waals surface area contributed by atoms with Crippen molar-refractivity contribution in [2.24, 2.45) is 0 Å². The molecule has 1 aromatic rings. The van der Waals surface area contributed by atoms with Gasteiger partial charge in [0, 0.05) is 6.92 Å². The first-order valence-corrected chi connectivity index (χ1v) is 2.51. The zero-order valence-electron chi connectivity index (χ0n) is 5.09. The second kappa shape index (κ2) is 1.93. The Hall–Kier alpha value is -1.25. The monoisotopic (exact) mass is 125 g/mol. The SMILES string of the molecule is C=C(O)c1cnc(C)o1. The number of hydrogen-bond donors (Lipinski definition) is 1. The largest absolute Gasteiger partial charge is 0.505 e. The Bertz CT molecular complexity index is 227. The van der Waals surface area contributed by atoms with Gasteiger partial charge in [-0.3, -0.25) is 0 Å². The Balaban J connectivity index is 2.98. The summed E-state index contributed by atoms with van der Waals surface area (Å²) in [7, 11) is 0. The van der Waals surface area contributed by atoms with Crippen LogP contribution in [0.25, 0.3) is 5.76 Å². The summed E-state index contributed by atoms with van der Waals surface area (Å²) in [5.41, 5.74) is 0. The third kappa shape index (κ3) is 1.10. The highest BCUT2D eigenvalue weighted by molar-refractivity contribution is 5.48. The number of aromatic nitrogens is 1. The molecule has 0 aliphatic carbocycles. The van der Waals surface area contributed by atoms with Gasteiger partial charge in [-0.15, -0.1) is 0 Å². The van der Waals surface area contributed by atoms with Gasteiger partial charge in [-0.2, -0.15) is 0 Å². The molecule has 1 aromatic heterocycles. The summed E-state index contributed by atoms with van der Waals surface area (Å²) in [6, 6.07) is 0. The van der Waals surface area contributed by atoms with E-state index in [1.807, 2.05) is 0 Å². The van der Waals surface area contributed by atoms with E-state index in [4.69, 9.17) is 9.52 Å². The van der Waals surface area contributed by atoms with Crippen LogP contribution in [0, 0.1) is 6.92 Å². The zero-order chi connectivity index (χ0) is 6.85. The molecule has 0 aromatic carbocycles. The lowest BCUT2D eigenvalue weighted by molar-refractivity contribution is 0.446. The molecule has 1 N–H and O–H groups in total. The maximum Gasteiger partial charge on any atom is 0.191 e. The first-order valence-electron chi connectivity index (χ1n) is 2.51. The first-order chi connectivity index (χ1) is 4.20. The van der Waals surface area contributed by atoms with Gasteiger partial charge in [-0.1, -0.05) is 6.58 Å². The van der Waals surface area contributed by atoms with E-state index in [2.05, 4.69) is 11.6 Å². The van der Waals surface area contributed by atoms with Gasteiger partial charge in [0.15, 0.2) is 17.4 Å². The molecule has 0 fully saturated rings. The summed E-state index contributed by atoms with van der Waals surface area (Å²) in [6.07, 6.45) is 1.43. The highest BCUT2D eigenvalue weighted by Crippen LogP contribution is 2.08. The topological polar surface area (TPSA) is 46.3 Å².